The molecule has 2 amide bonds. The molecule has 10 nitrogen and oxygen atoms in total. The largest absolute Gasteiger partial charge is 0.444 e. The van der Waals surface area contributed by atoms with E-state index < -0.39 is 17.4 Å². The van der Waals surface area contributed by atoms with Crippen LogP contribution in [0, 0.1) is 0 Å². The summed E-state index contributed by atoms with van der Waals surface area (Å²) in [5.41, 5.74) is 0.637. The van der Waals surface area contributed by atoms with Crippen molar-refractivity contribution in [3.05, 3.63) is 69.6 Å². The Bertz CT molecular complexity index is 1270. The Kier molecular flexibility index (Phi) is 8.18. The zero-order chi connectivity index (χ0) is 25.6. The molecule has 0 fully saturated rings. The fourth-order valence-electron chi connectivity index (χ4n) is 3.02. The molecule has 3 rings (SSSR count). The van der Waals surface area contributed by atoms with Crippen LogP contribution in [0.1, 0.15) is 38.1 Å². The summed E-state index contributed by atoms with van der Waals surface area (Å²) in [6.45, 7) is 6.35. The second-order valence-corrected chi connectivity index (χ2v) is 9.84. The van der Waals surface area contributed by atoms with Crippen LogP contribution in [0.2, 0.25) is 0 Å². The molecule has 0 unspecified atom stereocenters. The van der Waals surface area contributed by atoms with E-state index in [4.69, 9.17) is 4.74 Å². The molecule has 35 heavy (non-hydrogen) atoms. The Labute approximate surface area is 205 Å². The summed E-state index contributed by atoms with van der Waals surface area (Å²) in [4.78, 5) is 40.9. The van der Waals surface area contributed by atoms with Crippen molar-refractivity contribution in [1.82, 2.24) is 24.6 Å². The van der Waals surface area contributed by atoms with Crippen molar-refractivity contribution >= 4 is 28.5 Å². The van der Waals surface area contributed by atoms with Crippen molar-refractivity contribution < 1.29 is 18.7 Å². The topological polar surface area (TPSA) is 120 Å². The summed E-state index contributed by atoms with van der Waals surface area (Å²) >= 11 is 1.40. The van der Waals surface area contributed by atoms with Crippen molar-refractivity contribution in [2.45, 2.75) is 46.3 Å². The highest BCUT2D eigenvalue weighted by atomic mass is 32.1. The minimum absolute atomic E-state index is 0.124. The molecule has 2 aromatic heterocycles. The summed E-state index contributed by atoms with van der Waals surface area (Å²) in [7, 11) is 0. The van der Waals surface area contributed by atoms with Crippen molar-refractivity contribution in [2.24, 2.45) is 0 Å². The number of thiazole rings is 1. The molecule has 3 aromatic rings. The molecule has 0 radical (unpaired) electrons. The Morgan fingerprint density at radius 3 is 2.57 bits per heavy atom. The molecule has 12 heteroatoms. The molecule has 0 bridgehead atoms. The van der Waals surface area contributed by atoms with Crippen molar-refractivity contribution in [3.8, 4) is 5.69 Å². The predicted octanol–water partition coefficient (Wildman–Crippen LogP) is 3.42. The Morgan fingerprint density at radius 1 is 1.23 bits per heavy atom. The normalized spacial score (nSPS) is 11.9. The van der Waals surface area contributed by atoms with Crippen LogP contribution in [0.4, 0.5) is 14.3 Å². The van der Waals surface area contributed by atoms with Crippen LogP contribution in [-0.4, -0.2) is 43.5 Å². The first-order valence-corrected chi connectivity index (χ1v) is 11.6. The van der Waals surface area contributed by atoms with Crippen LogP contribution in [0.15, 0.2) is 53.5 Å². The standard InChI is InChI=1S/C23H27FN6O4S/c1-15(31)28-20-25-12-19(35-20)9-16-5-7-18(8-6-16)29-14-27-30(22(29)33)13-17(10-24)11-26-21(32)34-23(2,3)4/h5-8,10,12,14H,9,11,13H2,1-4H3,(H,26,32)(H,25,28,31)/b17-10+. The van der Waals surface area contributed by atoms with E-state index in [9.17, 15) is 18.8 Å². The minimum atomic E-state index is -0.681. The highest BCUT2D eigenvalue weighted by Crippen LogP contribution is 2.21. The lowest BCUT2D eigenvalue weighted by Crippen LogP contribution is -2.34. The van der Waals surface area contributed by atoms with Crippen LogP contribution < -0.4 is 16.3 Å². The summed E-state index contributed by atoms with van der Waals surface area (Å²) in [5, 5.41) is 9.72. The molecule has 0 atom stereocenters. The van der Waals surface area contributed by atoms with Crippen LogP contribution >= 0.6 is 11.3 Å². The van der Waals surface area contributed by atoms with Crippen molar-refractivity contribution in [3.63, 3.8) is 0 Å². The number of nitrogens with one attached hydrogen (secondary N) is 2. The van der Waals surface area contributed by atoms with Gasteiger partial charge in [0.25, 0.3) is 0 Å². The van der Waals surface area contributed by atoms with Gasteiger partial charge in [0.15, 0.2) is 5.13 Å². The van der Waals surface area contributed by atoms with Gasteiger partial charge in [0.1, 0.15) is 11.9 Å². The van der Waals surface area contributed by atoms with E-state index in [1.807, 2.05) is 12.1 Å². The molecule has 0 spiro atoms. The fourth-order valence-corrected chi connectivity index (χ4v) is 3.91. The summed E-state index contributed by atoms with van der Waals surface area (Å²) in [6, 6.07) is 7.34. The quantitative estimate of drug-likeness (QED) is 0.487. The third kappa shape index (κ3) is 7.60. The van der Waals surface area contributed by atoms with Gasteiger partial charge in [-0.3, -0.25) is 4.79 Å². The molecule has 0 saturated carbocycles. The zero-order valence-electron chi connectivity index (χ0n) is 19.9. The summed E-state index contributed by atoms with van der Waals surface area (Å²) < 4.78 is 20.9. The molecular weight excluding hydrogens is 475 g/mol. The Balaban J connectivity index is 1.62. The number of hydrogen-bond donors (Lipinski definition) is 2. The highest BCUT2D eigenvalue weighted by molar-refractivity contribution is 7.15. The Morgan fingerprint density at radius 2 is 1.94 bits per heavy atom. The van der Waals surface area contributed by atoms with Crippen LogP contribution in [-0.2, 0) is 22.5 Å². The van der Waals surface area contributed by atoms with Crippen molar-refractivity contribution in [1.29, 1.82) is 0 Å². The number of aromatic nitrogens is 4. The zero-order valence-corrected chi connectivity index (χ0v) is 20.7. The number of carbonyl (C=O) groups excluding carboxylic acids is 2. The van der Waals surface area contributed by atoms with Gasteiger partial charge in [0.05, 0.1) is 18.6 Å². The smallest absolute Gasteiger partial charge is 0.407 e. The van der Waals surface area contributed by atoms with E-state index in [1.54, 1.807) is 39.1 Å². The van der Waals surface area contributed by atoms with Gasteiger partial charge in [-0.15, -0.1) is 11.3 Å². The SMILES string of the molecule is CC(=O)Nc1ncc(Cc2ccc(-n3cnn(C/C(=C/F)CNC(=O)OC(C)(C)C)c3=O)cc2)s1. The summed E-state index contributed by atoms with van der Waals surface area (Å²) in [5.74, 6) is -0.172. The first-order chi connectivity index (χ1) is 16.5. The van der Waals surface area contributed by atoms with E-state index in [-0.39, 0.29) is 24.6 Å². The lowest BCUT2D eigenvalue weighted by atomic mass is 10.1. The maximum Gasteiger partial charge on any atom is 0.407 e. The molecular formula is C23H27FN6O4S. The number of rotatable bonds is 8. The van der Waals surface area contributed by atoms with Gasteiger partial charge in [0.2, 0.25) is 5.91 Å². The lowest BCUT2D eigenvalue weighted by Gasteiger charge is -2.19. The van der Waals surface area contributed by atoms with E-state index in [0.29, 0.717) is 23.6 Å². The second kappa shape index (κ2) is 11.1. The number of ether oxygens (including phenoxy) is 1. The molecule has 2 heterocycles. The fraction of sp³-hybridized carbons (Fsp3) is 0.348. The third-order valence-electron chi connectivity index (χ3n) is 4.53. The van der Waals surface area contributed by atoms with Gasteiger partial charge in [-0.25, -0.2) is 28.2 Å². The van der Waals surface area contributed by atoms with Gasteiger partial charge in [-0.1, -0.05) is 12.1 Å². The maximum absolute atomic E-state index is 13.4. The average molecular weight is 503 g/mol. The highest BCUT2D eigenvalue weighted by Gasteiger charge is 2.17. The molecule has 1 aromatic carbocycles. The lowest BCUT2D eigenvalue weighted by molar-refractivity contribution is -0.114. The van der Waals surface area contributed by atoms with Crippen LogP contribution in [0.25, 0.3) is 5.69 Å². The number of carbonyl (C=O) groups is 2. The van der Waals surface area contributed by atoms with Crippen LogP contribution in [0.3, 0.4) is 0 Å². The summed E-state index contributed by atoms with van der Waals surface area (Å²) in [6.07, 6.45) is 3.36. The molecule has 0 aliphatic heterocycles. The Hall–Kier alpha value is -3.80. The number of hydrogen-bond acceptors (Lipinski definition) is 7. The molecule has 0 aliphatic rings. The van der Waals surface area contributed by atoms with Gasteiger partial charge >= 0.3 is 11.8 Å². The second-order valence-electron chi connectivity index (χ2n) is 8.72. The molecule has 186 valence electrons. The molecule has 2 N–H and O–H groups in total. The number of nitrogens with zero attached hydrogens (tertiary/aromatic N) is 4. The molecule has 0 aliphatic carbocycles. The predicted molar refractivity (Wildman–Crippen MR) is 130 cm³/mol. The number of anilines is 1. The number of amides is 2. The van der Waals surface area contributed by atoms with E-state index in [2.05, 4.69) is 20.7 Å². The average Bonchev–Trinajstić information content (AvgIpc) is 3.36. The first kappa shape index (κ1) is 25.8. The van der Waals surface area contributed by atoms with Gasteiger partial charge < -0.3 is 15.4 Å². The van der Waals surface area contributed by atoms with Crippen LogP contribution in [0.5, 0.6) is 0 Å². The van der Waals surface area contributed by atoms with E-state index in [1.165, 1.54) is 29.2 Å². The van der Waals surface area contributed by atoms with Gasteiger partial charge in [-0.2, -0.15) is 5.10 Å². The van der Waals surface area contributed by atoms with E-state index in [0.717, 1.165) is 15.1 Å². The number of benzene rings is 1. The van der Waals surface area contributed by atoms with Gasteiger partial charge in [0, 0.05) is 31.0 Å². The maximum atomic E-state index is 13.4. The monoisotopic (exact) mass is 502 g/mol. The molecule has 0 saturated heterocycles. The number of alkyl carbamates (subject to hydrolysis) is 1. The van der Waals surface area contributed by atoms with Crippen molar-refractivity contribution in [2.75, 3.05) is 11.9 Å². The number of halogens is 1. The van der Waals surface area contributed by atoms with Gasteiger partial charge in [-0.05, 0) is 44.0 Å². The third-order valence-corrected chi connectivity index (χ3v) is 5.44. The van der Waals surface area contributed by atoms with E-state index >= 15 is 0 Å². The minimum Gasteiger partial charge on any atom is -0.444 e. The first-order valence-electron chi connectivity index (χ1n) is 10.7.